The van der Waals surface area contributed by atoms with Gasteiger partial charge in [-0.25, -0.2) is 0 Å². The minimum atomic E-state index is -0.311. The largest absolute Gasteiger partial charge is 0.341 e. The van der Waals surface area contributed by atoms with Crippen LogP contribution < -0.4 is 5.32 Å². The maximum atomic E-state index is 11.9. The monoisotopic (exact) mass is 249 g/mol. The lowest BCUT2D eigenvalue weighted by Crippen LogP contribution is -2.37. The van der Waals surface area contributed by atoms with Crippen LogP contribution in [0.5, 0.6) is 0 Å². The smallest absolute Gasteiger partial charge is 0.251 e. The zero-order valence-corrected chi connectivity index (χ0v) is 10.8. The van der Waals surface area contributed by atoms with Crippen LogP contribution in [-0.2, 0) is 4.79 Å². The van der Waals surface area contributed by atoms with Crippen molar-refractivity contribution in [1.82, 2.24) is 5.32 Å². The van der Waals surface area contributed by atoms with Crippen LogP contribution in [-0.4, -0.2) is 22.8 Å². The van der Waals surface area contributed by atoms with Crippen molar-refractivity contribution < 1.29 is 9.59 Å². The van der Waals surface area contributed by atoms with Gasteiger partial charge in [0.2, 0.25) is 5.12 Å². The lowest BCUT2D eigenvalue weighted by molar-refractivity contribution is -0.112. The van der Waals surface area contributed by atoms with Crippen LogP contribution in [0.15, 0.2) is 18.2 Å². The van der Waals surface area contributed by atoms with Gasteiger partial charge in [0.1, 0.15) is 0 Å². The molecule has 0 saturated carbocycles. The quantitative estimate of drug-likeness (QED) is 0.872. The number of carbonyl (C=O) groups is 2. The first-order chi connectivity index (χ1) is 8.08. The molecule has 3 nitrogen and oxygen atoms in total. The Morgan fingerprint density at radius 3 is 2.71 bits per heavy atom. The first-order valence-corrected chi connectivity index (χ1v) is 6.61. The average molecular weight is 249 g/mol. The highest BCUT2D eigenvalue weighted by atomic mass is 32.2. The fraction of sp³-hybridized carbons (Fsp3) is 0.385. The van der Waals surface area contributed by atoms with Gasteiger partial charge in [-0.3, -0.25) is 9.59 Å². The Hall–Kier alpha value is -1.29. The molecule has 0 spiro atoms. The molecule has 1 aromatic carbocycles. The molecule has 1 heterocycles. The molecule has 90 valence electrons. The zero-order chi connectivity index (χ0) is 12.4. The van der Waals surface area contributed by atoms with Gasteiger partial charge >= 0.3 is 0 Å². The third kappa shape index (κ3) is 2.69. The van der Waals surface area contributed by atoms with Gasteiger partial charge in [-0.2, -0.15) is 0 Å². The van der Waals surface area contributed by atoms with E-state index in [0.29, 0.717) is 5.56 Å². The van der Waals surface area contributed by atoms with Gasteiger partial charge in [0, 0.05) is 11.3 Å². The van der Waals surface area contributed by atoms with E-state index in [0.717, 1.165) is 23.3 Å². The van der Waals surface area contributed by atoms with Crippen molar-refractivity contribution in [2.75, 3.05) is 5.75 Å². The Kier molecular flexibility index (Phi) is 3.52. The van der Waals surface area contributed by atoms with Crippen LogP contribution in [0.25, 0.3) is 0 Å². The molecular weight excluding hydrogens is 234 g/mol. The number of rotatable bonds is 2. The van der Waals surface area contributed by atoms with E-state index < -0.39 is 0 Å². The summed E-state index contributed by atoms with van der Waals surface area (Å²) in [4.78, 5) is 23.3. The highest BCUT2D eigenvalue weighted by Crippen LogP contribution is 2.20. The second-order valence-electron chi connectivity index (χ2n) is 4.28. The van der Waals surface area contributed by atoms with Crippen LogP contribution in [0.3, 0.4) is 0 Å². The number of carbonyl (C=O) groups excluding carboxylic acids is 2. The summed E-state index contributed by atoms with van der Waals surface area (Å²) in [5.74, 6) is 0.644. The normalized spacial score (nSPS) is 19.4. The Balaban J connectivity index is 2.09. The molecule has 4 heteroatoms. The van der Waals surface area contributed by atoms with E-state index in [4.69, 9.17) is 0 Å². The SMILES string of the molecule is Cc1ccc(C(=O)NC2CCSC2=O)cc1C. The molecule has 0 aromatic heterocycles. The summed E-state index contributed by atoms with van der Waals surface area (Å²) in [7, 11) is 0. The van der Waals surface area contributed by atoms with Crippen molar-refractivity contribution in [3.05, 3.63) is 34.9 Å². The van der Waals surface area contributed by atoms with Crippen LogP contribution in [0.2, 0.25) is 0 Å². The second-order valence-corrected chi connectivity index (χ2v) is 5.38. The van der Waals surface area contributed by atoms with Gasteiger partial charge in [-0.15, -0.1) is 0 Å². The summed E-state index contributed by atoms with van der Waals surface area (Å²) < 4.78 is 0. The Morgan fingerprint density at radius 1 is 1.35 bits per heavy atom. The molecule has 0 bridgehead atoms. The van der Waals surface area contributed by atoms with Crippen LogP contribution in [0.1, 0.15) is 27.9 Å². The maximum absolute atomic E-state index is 11.9. The second kappa shape index (κ2) is 4.92. The van der Waals surface area contributed by atoms with E-state index in [1.807, 2.05) is 26.0 Å². The molecule has 1 N–H and O–H groups in total. The molecule has 17 heavy (non-hydrogen) atoms. The van der Waals surface area contributed by atoms with Gasteiger partial charge in [0.05, 0.1) is 6.04 Å². The number of nitrogens with one attached hydrogen (secondary N) is 1. The summed E-state index contributed by atoms with van der Waals surface area (Å²) in [5.41, 5.74) is 2.87. The minimum absolute atomic E-state index is 0.0715. The predicted molar refractivity (Wildman–Crippen MR) is 69.3 cm³/mol. The van der Waals surface area contributed by atoms with E-state index in [9.17, 15) is 9.59 Å². The number of benzene rings is 1. The van der Waals surface area contributed by atoms with Gasteiger partial charge in [-0.05, 0) is 43.5 Å². The Bertz CT molecular complexity index is 470. The summed E-state index contributed by atoms with van der Waals surface area (Å²) in [6, 6.07) is 5.27. The van der Waals surface area contributed by atoms with Crippen molar-refractivity contribution in [3.63, 3.8) is 0 Å². The standard InChI is InChI=1S/C13H15NO2S/c1-8-3-4-10(7-9(8)2)12(15)14-11-5-6-17-13(11)16/h3-4,7,11H,5-6H2,1-2H3,(H,14,15). The van der Waals surface area contributed by atoms with Crippen molar-refractivity contribution in [3.8, 4) is 0 Å². The predicted octanol–water partition coefficient (Wildman–Crippen LogP) is 2.07. The van der Waals surface area contributed by atoms with Gasteiger partial charge in [0.15, 0.2) is 0 Å². The Labute approximate surface area is 105 Å². The zero-order valence-electron chi connectivity index (χ0n) is 9.95. The number of amides is 1. The summed E-state index contributed by atoms with van der Waals surface area (Å²) in [6.07, 6.45) is 0.736. The van der Waals surface area contributed by atoms with Crippen LogP contribution in [0, 0.1) is 13.8 Å². The van der Waals surface area contributed by atoms with Gasteiger partial charge in [-0.1, -0.05) is 17.8 Å². The van der Waals surface area contributed by atoms with Crippen molar-refractivity contribution in [1.29, 1.82) is 0 Å². The summed E-state index contributed by atoms with van der Waals surface area (Å²) >= 11 is 1.29. The van der Waals surface area contributed by atoms with Crippen molar-refractivity contribution >= 4 is 22.8 Å². The molecule has 0 aliphatic carbocycles. The first-order valence-electron chi connectivity index (χ1n) is 5.62. The molecule has 0 radical (unpaired) electrons. The topological polar surface area (TPSA) is 46.2 Å². The van der Waals surface area contributed by atoms with Crippen LogP contribution >= 0.6 is 11.8 Å². The van der Waals surface area contributed by atoms with Crippen molar-refractivity contribution in [2.24, 2.45) is 0 Å². The maximum Gasteiger partial charge on any atom is 0.251 e. The average Bonchev–Trinajstić information content (AvgIpc) is 2.68. The number of aryl methyl sites for hydroxylation is 2. The molecule has 1 unspecified atom stereocenters. The molecule has 1 aliphatic rings. The lowest BCUT2D eigenvalue weighted by Gasteiger charge is -2.11. The minimum Gasteiger partial charge on any atom is -0.341 e. The third-order valence-corrected chi connectivity index (χ3v) is 4.02. The Morgan fingerprint density at radius 2 is 2.12 bits per heavy atom. The first kappa shape index (κ1) is 12.2. The molecule has 1 fully saturated rings. The summed E-state index contributed by atoms with van der Waals surface area (Å²) in [5, 5.41) is 2.85. The fourth-order valence-corrected chi connectivity index (χ4v) is 2.68. The summed E-state index contributed by atoms with van der Waals surface area (Å²) in [6.45, 7) is 3.98. The molecule has 2 rings (SSSR count). The van der Waals surface area contributed by atoms with E-state index in [2.05, 4.69) is 5.32 Å². The van der Waals surface area contributed by atoms with E-state index in [-0.39, 0.29) is 17.1 Å². The molecule has 1 amide bonds. The third-order valence-electron chi connectivity index (χ3n) is 3.01. The van der Waals surface area contributed by atoms with E-state index in [1.54, 1.807) is 6.07 Å². The van der Waals surface area contributed by atoms with Crippen LogP contribution in [0.4, 0.5) is 0 Å². The molecule has 1 atom stereocenters. The molecular formula is C13H15NO2S. The number of hydrogen-bond donors (Lipinski definition) is 1. The molecule has 1 saturated heterocycles. The number of thioether (sulfide) groups is 1. The molecule has 1 aliphatic heterocycles. The van der Waals surface area contributed by atoms with Gasteiger partial charge in [0.25, 0.3) is 5.91 Å². The number of hydrogen-bond acceptors (Lipinski definition) is 3. The highest BCUT2D eigenvalue weighted by molar-refractivity contribution is 8.14. The van der Waals surface area contributed by atoms with E-state index in [1.165, 1.54) is 11.8 Å². The van der Waals surface area contributed by atoms with Gasteiger partial charge < -0.3 is 5.32 Å². The lowest BCUT2D eigenvalue weighted by atomic mass is 10.1. The molecule has 1 aromatic rings. The fourth-order valence-electron chi connectivity index (χ4n) is 1.75. The van der Waals surface area contributed by atoms with E-state index >= 15 is 0 Å². The van der Waals surface area contributed by atoms with Crippen molar-refractivity contribution in [2.45, 2.75) is 26.3 Å². The highest BCUT2D eigenvalue weighted by Gasteiger charge is 2.26.